The summed E-state index contributed by atoms with van der Waals surface area (Å²) in [6, 6.07) is 18.6. The van der Waals surface area contributed by atoms with Crippen molar-refractivity contribution in [2.75, 3.05) is 0 Å². The van der Waals surface area contributed by atoms with Crippen LogP contribution < -0.4 is 0 Å². The molecule has 0 heterocycles. The van der Waals surface area contributed by atoms with E-state index in [0.29, 0.717) is 0 Å². The number of hydrogen-bond acceptors (Lipinski definition) is 0. The van der Waals surface area contributed by atoms with Crippen LogP contribution in [-0.2, 0) is 12.8 Å². The molecule has 0 saturated heterocycles. The highest BCUT2D eigenvalue weighted by molar-refractivity contribution is 5.67. The van der Waals surface area contributed by atoms with Crippen LogP contribution in [0, 0.1) is 6.07 Å². The van der Waals surface area contributed by atoms with Crippen molar-refractivity contribution in [3.8, 4) is 11.1 Å². The van der Waals surface area contributed by atoms with E-state index in [-0.39, 0.29) is 0 Å². The van der Waals surface area contributed by atoms with E-state index in [4.69, 9.17) is 0 Å². The third kappa shape index (κ3) is 2.76. The lowest BCUT2D eigenvalue weighted by atomic mass is 9.95. The second-order valence-electron chi connectivity index (χ2n) is 4.35. The molecule has 0 heteroatoms. The van der Waals surface area contributed by atoms with Crippen LogP contribution in [0.5, 0.6) is 0 Å². The largest absolute Gasteiger partial charge is 0.0651 e. The van der Waals surface area contributed by atoms with Crippen LogP contribution in [-0.4, -0.2) is 0 Å². The Balaban J connectivity index is 2.41. The van der Waals surface area contributed by atoms with Crippen LogP contribution in [0.2, 0.25) is 0 Å². The van der Waals surface area contributed by atoms with Gasteiger partial charge in [-0.25, -0.2) is 0 Å². The van der Waals surface area contributed by atoms with E-state index in [1.165, 1.54) is 28.7 Å². The molecule has 0 spiro atoms. The summed E-state index contributed by atoms with van der Waals surface area (Å²) < 4.78 is 0. The Hall–Kier alpha value is -1.56. The van der Waals surface area contributed by atoms with Gasteiger partial charge >= 0.3 is 0 Å². The first kappa shape index (κ1) is 11.9. The van der Waals surface area contributed by atoms with Crippen LogP contribution in [0.4, 0.5) is 0 Å². The molecule has 17 heavy (non-hydrogen) atoms. The zero-order chi connectivity index (χ0) is 12.1. The minimum atomic E-state index is 1.04. The van der Waals surface area contributed by atoms with Gasteiger partial charge in [0.15, 0.2) is 0 Å². The molecule has 0 unspecified atom stereocenters. The highest BCUT2D eigenvalue weighted by atomic mass is 14.1. The Morgan fingerprint density at radius 1 is 0.941 bits per heavy atom. The van der Waals surface area contributed by atoms with E-state index in [1.54, 1.807) is 0 Å². The molecule has 2 aromatic rings. The van der Waals surface area contributed by atoms with Crippen molar-refractivity contribution >= 4 is 0 Å². The molecule has 0 aromatic heterocycles. The first-order valence-electron chi connectivity index (χ1n) is 6.44. The summed E-state index contributed by atoms with van der Waals surface area (Å²) in [7, 11) is 0. The van der Waals surface area contributed by atoms with Crippen LogP contribution in [0.3, 0.4) is 0 Å². The summed E-state index contributed by atoms with van der Waals surface area (Å²) in [6.07, 6.45) is 3.36. The van der Waals surface area contributed by atoms with Gasteiger partial charge in [-0.05, 0) is 41.2 Å². The van der Waals surface area contributed by atoms with Crippen LogP contribution in [0.1, 0.15) is 31.4 Å². The first-order valence-corrected chi connectivity index (χ1v) is 6.44. The van der Waals surface area contributed by atoms with Gasteiger partial charge in [0, 0.05) is 0 Å². The molecule has 0 atom stereocenters. The summed E-state index contributed by atoms with van der Waals surface area (Å²) in [4.78, 5) is 0. The van der Waals surface area contributed by atoms with Crippen molar-refractivity contribution in [1.82, 2.24) is 0 Å². The standard InChI is InChI=1S/C17H19/c1-3-8-14-11-12-17(15(4-2)13-14)16-9-6-5-7-10-16/h5-7,9-12H,3-4,8H2,1-2H3. The lowest BCUT2D eigenvalue weighted by Gasteiger charge is -2.10. The normalized spacial score (nSPS) is 10.5. The van der Waals surface area contributed by atoms with Gasteiger partial charge in [-0.15, -0.1) is 0 Å². The zero-order valence-electron chi connectivity index (χ0n) is 10.7. The van der Waals surface area contributed by atoms with Crippen LogP contribution in [0.25, 0.3) is 11.1 Å². The number of aryl methyl sites for hydroxylation is 2. The number of benzene rings is 2. The molecule has 0 bridgehead atoms. The molecule has 0 N–H and O–H groups in total. The molecule has 87 valence electrons. The smallest absolute Gasteiger partial charge is 0.0108 e. The molecule has 0 saturated carbocycles. The lowest BCUT2D eigenvalue weighted by molar-refractivity contribution is 0.915. The topological polar surface area (TPSA) is 0 Å². The minimum Gasteiger partial charge on any atom is -0.0651 e. The van der Waals surface area contributed by atoms with Crippen LogP contribution in [0.15, 0.2) is 42.5 Å². The molecular formula is C17H19. The molecular weight excluding hydrogens is 204 g/mol. The minimum absolute atomic E-state index is 1.04. The van der Waals surface area contributed by atoms with Gasteiger partial charge < -0.3 is 0 Å². The fourth-order valence-corrected chi connectivity index (χ4v) is 2.17. The van der Waals surface area contributed by atoms with Crippen molar-refractivity contribution in [2.24, 2.45) is 0 Å². The average molecular weight is 223 g/mol. The maximum Gasteiger partial charge on any atom is -0.0108 e. The lowest BCUT2D eigenvalue weighted by Crippen LogP contribution is -1.92. The second-order valence-corrected chi connectivity index (χ2v) is 4.35. The summed E-state index contributed by atoms with van der Waals surface area (Å²) in [5.74, 6) is 0. The third-order valence-corrected chi connectivity index (χ3v) is 3.05. The Kier molecular flexibility index (Phi) is 3.98. The Bertz CT molecular complexity index is 469. The van der Waals surface area contributed by atoms with E-state index in [0.717, 1.165) is 12.8 Å². The van der Waals surface area contributed by atoms with Gasteiger partial charge in [-0.2, -0.15) is 0 Å². The Morgan fingerprint density at radius 2 is 1.71 bits per heavy atom. The van der Waals surface area contributed by atoms with Crippen molar-refractivity contribution < 1.29 is 0 Å². The van der Waals surface area contributed by atoms with Gasteiger partial charge in [-0.1, -0.05) is 62.7 Å². The first-order chi connectivity index (χ1) is 8.35. The quantitative estimate of drug-likeness (QED) is 0.706. The van der Waals surface area contributed by atoms with E-state index in [1.807, 2.05) is 0 Å². The fraction of sp³-hybridized carbons (Fsp3) is 0.294. The molecule has 0 amide bonds. The molecule has 0 nitrogen and oxygen atoms in total. The van der Waals surface area contributed by atoms with Gasteiger partial charge in [0.05, 0.1) is 0 Å². The van der Waals surface area contributed by atoms with Crippen LogP contribution >= 0.6 is 0 Å². The Labute approximate surface area is 104 Å². The monoisotopic (exact) mass is 223 g/mol. The molecule has 0 aliphatic carbocycles. The summed E-state index contributed by atoms with van der Waals surface area (Å²) in [6.45, 7) is 4.42. The molecule has 0 aliphatic rings. The number of rotatable bonds is 4. The molecule has 0 aliphatic heterocycles. The van der Waals surface area contributed by atoms with E-state index in [9.17, 15) is 0 Å². The molecule has 2 rings (SSSR count). The average Bonchev–Trinajstić information content (AvgIpc) is 2.40. The number of hydrogen-bond donors (Lipinski definition) is 0. The Morgan fingerprint density at radius 3 is 2.35 bits per heavy atom. The maximum absolute atomic E-state index is 3.56. The van der Waals surface area contributed by atoms with E-state index in [2.05, 4.69) is 62.4 Å². The molecule has 2 aromatic carbocycles. The summed E-state index contributed by atoms with van der Waals surface area (Å²) >= 11 is 0. The van der Waals surface area contributed by atoms with Crippen molar-refractivity contribution in [2.45, 2.75) is 33.1 Å². The maximum atomic E-state index is 3.56. The molecule has 0 fully saturated rings. The highest BCUT2D eigenvalue weighted by Gasteiger charge is 2.04. The van der Waals surface area contributed by atoms with Crippen molar-refractivity contribution in [3.05, 3.63) is 59.7 Å². The van der Waals surface area contributed by atoms with Gasteiger partial charge in [0.25, 0.3) is 0 Å². The summed E-state index contributed by atoms with van der Waals surface area (Å²) in [5.41, 5.74) is 5.29. The predicted octanol–water partition coefficient (Wildman–Crippen LogP) is 4.67. The van der Waals surface area contributed by atoms with E-state index < -0.39 is 0 Å². The summed E-state index contributed by atoms with van der Waals surface area (Å²) in [5, 5.41) is 0. The third-order valence-electron chi connectivity index (χ3n) is 3.05. The van der Waals surface area contributed by atoms with Gasteiger partial charge in [0.1, 0.15) is 0 Å². The highest BCUT2D eigenvalue weighted by Crippen LogP contribution is 2.25. The molecule has 1 radical (unpaired) electrons. The van der Waals surface area contributed by atoms with Gasteiger partial charge in [-0.3, -0.25) is 0 Å². The van der Waals surface area contributed by atoms with Crippen molar-refractivity contribution in [3.63, 3.8) is 0 Å². The SMILES string of the molecule is CCCc1[c]c(CC)c(-c2ccccc2)cc1. The van der Waals surface area contributed by atoms with Crippen molar-refractivity contribution in [1.29, 1.82) is 0 Å². The van der Waals surface area contributed by atoms with Gasteiger partial charge in [0.2, 0.25) is 0 Å². The second kappa shape index (κ2) is 5.67. The van der Waals surface area contributed by atoms with E-state index >= 15 is 0 Å². The predicted molar refractivity (Wildman–Crippen MR) is 74.1 cm³/mol. The fourth-order valence-electron chi connectivity index (χ4n) is 2.17. The zero-order valence-corrected chi connectivity index (χ0v) is 10.7.